The molecular weight excluding hydrogens is 278 g/mol. The van der Waals surface area contributed by atoms with Gasteiger partial charge >= 0.3 is 0 Å². The molecule has 0 bridgehead atoms. The molecule has 0 amide bonds. The van der Waals surface area contributed by atoms with Gasteiger partial charge in [0.15, 0.2) is 0 Å². The lowest BCUT2D eigenvalue weighted by atomic mass is 9.81. The zero-order valence-corrected chi connectivity index (χ0v) is 13.4. The average molecular weight is 301 g/mol. The molecule has 22 heavy (non-hydrogen) atoms. The second-order valence-corrected chi connectivity index (χ2v) is 6.27. The molecule has 0 saturated heterocycles. The highest BCUT2D eigenvalue weighted by Crippen LogP contribution is 2.50. The Labute approximate surface area is 131 Å². The summed E-state index contributed by atoms with van der Waals surface area (Å²) >= 11 is 0. The lowest BCUT2D eigenvalue weighted by Crippen LogP contribution is -2.22. The van der Waals surface area contributed by atoms with Gasteiger partial charge in [0.25, 0.3) is 0 Å². The van der Waals surface area contributed by atoms with E-state index >= 15 is 0 Å². The van der Waals surface area contributed by atoms with Crippen molar-refractivity contribution in [1.82, 2.24) is 0 Å². The molecule has 1 aromatic rings. The summed E-state index contributed by atoms with van der Waals surface area (Å²) in [7, 11) is 3.43. The van der Waals surface area contributed by atoms with Crippen molar-refractivity contribution in [2.75, 3.05) is 14.2 Å². The average Bonchev–Trinajstić information content (AvgIpc) is 3.03. The molecule has 0 atom stereocenters. The van der Waals surface area contributed by atoms with Gasteiger partial charge in [-0.3, -0.25) is 0 Å². The van der Waals surface area contributed by atoms with Gasteiger partial charge in [-0.05, 0) is 44.6 Å². The Hall–Kier alpha value is -1.80. The fourth-order valence-electron chi connectivity index (χ4n) is 4.12. The van der Waals surface area contributed by atoms with Gasteiger partial charge < -0.3 is 9.47 Å². The van der Waals surface area contributed by atoms with Gasteiger partial charge in [0.1, 0.15) is 17.0 Å². The monoisotopic (exact) mass is 301 g/mol. The van der Waals surface area contributed by atoms with Crippen LogP contribution in [0, 0.1) is 0 Å². The molecule has 0 N–H and O–H groups in total. The Morgan fingerprint density at radius 1 is 1.05 bits per heavy atom. The first-order valence-electron chi connectivity index (χ1n) is 8.12. The van der Waals surface area contributed by atoms with Crippen molar-refractivity contribution in [2.45, 2.75) is 56.9 Å². The van der Waals surface area contributed by atoms with Gasteiger partial charge in [-0.1, -0.05) is 12.8 Å². The minimum Gasteiger partial charge on any atom is -0.496 e. The molecule has 0 heterocycles. The van der Waals surface area contributed by atoms with Crippen LogP contribution in [0.15, 0.2) is 11.1 Å². The molecule has 1 fully saturated rings. The van der Waals surface area contributed by atoms with Crippen LogP contribution in [0.5, 0.6) is 11.5 Å². The maximum absolute atomic E-state index is 11.0. The van der Waals surface area contributed by atoms with Crippen molar-refractivity contribution >= 4 is 6.08 Å². The van der Waals surface area contributed by atoms with Gasteiger partial charge in [-0.2, -0.15) is 4.99 Å². The van der Waals surface area contributed by atoms with Crippen molar-refractivity contribution in [3.05, 3.63) is 22.8 Å². The minimum absolute atomic E-state index is 0.479. The molecule has 1 aromatic carbocycles. The maximum atomic E-state index is 11.0. The molecule has 0 radical (unpaired) electrons. The van der Waals surface area contributed by atoms with E-state index in [1.807, 2.05) is 0 Å². The highest BCUT2D eigenvalue weighted by atomic mass is 16.5. The standard InChI is InChI=1S/C18H23NO3/c1-21-16-11-15(18(19-12-20)9-5-6-10-18)17(22-2)14-8-4-3-7-13(14)16/h11H,3-10H2,1-2H3. The number of nitrogens with zero attached hydrogens (tertiary/aromatic N) is 1. The quantitative estimate of drug-likeness (QED) is 0.629. The molecule has 4 heteroatoms. The van der Waals surface area contributed by atoms with Crippen LogP contribution < -0.4 is 9.47 Å². The van der Waals surface area contributed by atoms with Crippen LogP contribution >= 0.6 is 0 Å². The summed E-state index contributed by atoms with van der Waals surface area (Å²) in [5.74, 6) is 1.83. The Kier molecular flexibility index (Phi) is 4.21. The summed E-state index contributed by atoms with van der Waals surface area (Å²) in [5, 5.41) is 0. The third kappa shape index (κ3) is 2.32. The number of ether oxygens (including phenoxy) is 2. The molecule has 2 aliphatic carbocycles. The van der Waals surface area contributed by atoms with Crippen molar-refractivity contribution in [2.24, 2.45) is 4.99 Å². The molecule has 4 nitrogen and oxygen atoms in total. The Balaban J connectivity index is 2.24. The minimum atomic E-state index is -0.479. The van der Waals surface area contributed by atoms with Crippen LogP contribution in [0.2, 0.25) is 0 Å². The summed E-state index contributed by atoms with van der Waals surface area (Å²) in [6, 6.07) is 2.05. The van der Waals surface area contributed by atoms with E-state index in [0.717, 1.165) is 55.6 Å². The lowest BCUT2D eigenvalue weighted by Gasteiger charge is -2.30. The first-order chi connectivity index (χ1) is 10.8. The number of fused-ring (bicyclic) bond motifs is 1. The molecule has 3 rings (SSSR count). The van der Waals surface area contributed by atoms with Crippen LogP contribution in [-0.2, 0) is 23.2 Å². The molecular formula is C18H23NO3. The first kappa shape index (κ1) is 15.1. The van der Waals surface area contributed by atoms with E-state index in [1.165, 1.54) is 24.0 Å². The van der Waals surface area contributed by atoms with Crippen molar-refractivity contribution in [3.63, 3.8) is 0 Å². The molecule has 2 aliphatic rings. The van der Waals surface area contributed by atoms with Gasteiger partial charge in [0.2, 0.25) is 6.08 Å². The second kappa shape index (κ2) is 6.13. The fraction of sp³-hybridized carbons (Fsp3) is 0.611. The summed E-state index contributed by atoms with van der Waals surface area (Å²) in [6.45, 7) is 0. The van der Waals surface area contributed by atoms with Crippen LogP contribution in [0.1, 0.15) is 55.2 Å². The predicted molar refractivity (Wildman–Crippen MR) is 84.5 cm³/mol. The molecule has 118 valence electrons. The molecule has 0 aromatic heterocycles. The highest BCUT2D eigenvalue weighted by Gasteiger charge is 2.40. The van der Waals surface area contributed by atoms with Crippen LogP contribution in [-0.4, -0.2) is 20.3 Å². The number of hydrogen-bond donors (Lipinski definition) is 0. The van der Waals surface area contributed by atoms with Crippen molar-refractivity contribution < 1.29 is 14.3 Å². The number of hydrogen-bond acceptors (Lipinski definition) is 4. The van der Waals surface area contributed by atoms with Crippen molar-refractivity contribution in [1.29, 1.82) is 0 Å². The number of carbonyl (C=O) groups excluding carboxylic acids is 1. The van der Waals surface area contributed by atoms with Gasteiger partial charge in [0, 0.05) is 16.7 Å². The number of isocyanates is 1. The van der Waals surface area contributed by atoms with Crippen LogP contribution in [0.3, 0.4) is 0 Å². The second-order valence-electron chi connectivity index (χ2n) is 6.27. The largest absolute Gasteiger partial charge is 0.496 e. The normalized spacial score (nSPS) is 19.2. The van der Waals surface area contributed by atoms with Crippen LogP contribution in [0.25, 0.3) is 0 Å². The van der Waals surface area contributed by atoms with E-state index in [1.54, 1.807) is 20.3 Å². The van der Waals surface area contributed by atoms with E-state index in [0.29, 0.717) is 0 Å². The SMILES string of the molecule is COc1cc(C2(N=C=O)CCCC2)c(OC)c2c1CCCC2. The topological polar surface area (TPSA) is 47.9 Å². The zero-order chi connectivity index (χ0) is 15.6. The third-order valence-electron chi connectivity index (χ3n) is 5.18. The first-order valence-corrected chi connectivity index (χ1v) is 8.12. The predicted octanol–water partition coefficient (Wildman–Crippen LogP) is 3.69. The summed E-state index contributed by atoms with van der Waals surface area (Å²) in [4.78, 5) is 15.2. The van der Waals surface area contributed by atoms with E-state index < -0.39 is 5.54 Å². The summed E-state index contributed by atoms with van der Waals surface area (Å²) in [5.41, 5.74) is 3.04. The Bertz CT molecular complexity index is 611. The van der Waals surface area contributed by atoms with Gasteiger partial charge in [0.05, 0.1) is 14.2 Å². The van der Waals surface area contributed by atoms with Crippen LogP contribution in [0.4, 0.5) is 0 Å². The lowest BCUT2D eigenvalue weighted by molar-refractivity contribution is 0.361. The maximum Gasteiger partial charge on any atom is 0.235 e. The molecule has 0 spiro atoms. The number of benzene rings is 1. The molecule has 0 unspecified atom stereocenters. The zero-order valence-electron chi connectivity index (χ0n) is 13.4. The van der Waals surface area contributed by atoms with E-state index in [2.05, 4.69) is 11.1 Å². The smallest absolute Gasteiger partial charge is 0.235 e. The highest BCUT2D eigenvalue weighted by molar-refractivity contribution is 5.58. The van der Waals surface area contributed by atoms with E-state index in [-0.39, 0.29) is 0 Å². The van der Waals surface area contributed by atoms with Gasteiger partial charge in [-0.25, -0.2) is 4.79 Å². The van der Waals surface area contributed by atoms with Gasteiger partial charge in [-0.15, -0.1) is 0 Å². The summed E-state index contributed by atoms with van der Waals surface area (Å²) in [6.07, 6.45) is 10.1. The molecule has 1 saturated carbocycles. The number of rotatable bonds is 4. The fourth-order valence-corrected chi connectivity index (χ4v) is 4.12. The Morgan fingerprint density at radius 3 is 2.32 bits per heavy atom. The number of aliphatic imine (C=N–C) groups is 1. The third-order valence-corrected chi connectivity index (χ3v) is 5.18. The Morgan fingerprint density at radius 2 is 1.73 bits per heavy atom. The number of methoxy groups -OCH3 is 2. The van der Waals surface area contributed by atoms with E-state index in [9.17, 15) is 4.79 Å². The molecule has 0 aliphatic heterocycles. The summed E-state index contributed by atoms with van der Waals surface area (Å²) < 4.78 is 11.4. The van der Waals surface area contributed by atoms with E-state index in [4.69, 9.17) is 9.47 Å². The van der Waals surface area contributed by atoms with Crippen molar-refractivity contribution in [3.8, 4) is 11.5 Å².